The van der Waals surface area contributed by atoms with Crippen LogP contribution < -0.4 is 16.0 Å². The summed E-state index contributed by atoms with van der Waals surface area (Å²) in [6, 6.07) is -1.07. The van der Waals surface area contributed by atoms with Gasteiger partial charge in [-0.25, -0.2) is 0 Å². The summed E-state index contributed by atoms with van der Waals surface area (Å²) in [6.45, 7) is 15.9. The monoisotopic (exact) mass is 566 g/mol. The van der Waals surface area contributed by atoms with Crippen molar-refractivity contribution in [1.29, 1.82) is 0 Å². The third-order valence-corrected chi connectivity index (χ3v) is 6.75. The van der Waals surface area contributed by atoms with Crippen LogP contribution in [0.2, 0.25) is 0 Å². The average Bonchev–Trinajstić information content (AvgIpc) is 2.87. The normalized spacial score (nSPS) is 12.8. The van der Waals surface area contributed by atoms with Crippen molar-refractivity contribution in [3.8, 4) is 0 Å². The molecule has 0 fully saturated rings. The summed E-state index contributed by atoms with van der Waals surface area (Å²) < 4.78 is 0. The molecule has 3 N–H and O–H groups in total. The molecular formula is C30H54N4O6. The first-order chi connectivity index (χ1) is 18.8. The number of unbranched alkanes of at least 4 members (excludes halogenated alkanes) is 1. The summed E-state index contributed by atoms with van der Waals surface area (Å²) in [5.41, 5.74) is 0. The van der Waals surface area contributed by atoms with Crippen molar-refractivity contribution in [3.63, 3.8) is 0 Å². The number of amides is 3. The fraction of sp³-hybridized carbons (Fsp3) is 0.800. The Hall–Kier alpha value is -2.62. The van der Waals surface area contributed by atoms with Crippen LogP contribution in [0.5, 0.6) is 0 Å². The Labute approximate surface area is 241 Å². The maximum absolute atomic E-state index is 12.9. The third-order valence-electron chi connectivity index (χ3n) is 6.75. The number of hydrogen-bond acceptors (Lipinski definition) is 7. The average molecular weight is 567 g/mol. The highest BCUT2D eigenvalue weighted by atomic mass is 16.2. The zero-order valence-electron chi connectivity index (χ0n) is 25.9. The SMILES string of the molecule is CCNC(=O)CCC(=O)C(CCCCN(CC)C(C)C)NC(=O)CCC(=O)[C@H](C)NC(=O)CCC(=O)CC(C)C. The zero-order valence-corrected chi connectivity index (χ0v) is 25.9. The van der Waals surface area contributed by atoms with E-state index in [0.717, 1.165) is 25.9 Å². The Morgan fingerprint density at radius 3 is 1.82 bits per heavy atom. The van der Waals surface area contributed by atoms with Gasteiger partial charge >= 0.3 is 0 Å². The molecule has 3 amide bonds. The summed E-state index contributed by atoms with van der Waals surface area (Å²) >= 11 is 0. The van der Waals surface area contributed by atoms with Crippen molar-refractivity contribution >= 4 is 35.1 Å². The second kappa shape index (κ2) is 21.2. The van der Waals surface area contributed by atoms with Gasteiger partial charge in [-0.3, -0.25) is 28.8 Å². The molecule has 40 heavy (non-hydrogen) atoms. The standard InChI is InChI=1S/C30H54N4O6/c1-8-31-28(38)17-15-27(37)25(12-10-11-19-34(9-2)22(5)6)33-30(40)18-14-26(36)23(7)32-29(39)16-13-24(35)20-21(3)4/h21-23,25H,8-20H2,1-7H3,(H,31,38)(H,32,39)(H,33,40)/t23-,25?/m0/s1. The lowest BCUT2D eigenvalue weighted by Gasteiger charge is -2.25. The second-order valence-corrected chi connectivity index (χ2v) is 11.2. The Morgan fingerprint density at radius 2 is 1.25 bits per heavy atom. The van der Waals surface area contributed by atoms with E-state index in [0.29, 0.717) is 25.4 Å². The molecule has 0 aromatic carbocycles. The number of Topliss-reactive ketones (excluding diaryl/α,β-unsaturated/α-hetero) is 3. The molecule has 2 atom stereocenters. The van der Waals surface area contributed by atoms with Crippen LogP contribution in [0.1, 0.15) is 113 Å². The van der Waals surface area contributed by atoms with Crippen LogP contribution in [0.4, 0.5) is 0 Å². The summed E-state index contributed by atoms with van der Waals surface area (Å²) in [4.78, 5) is 76.1. The minimum Gasteiger partial charge on any atom is -0.356 e. The molecule has 0 aliphatic rings. The highest BCUT2D eigenvalue weighted by molar-refractivity contribution is 5.94. The number of nitrogens with one attached hydrogen (secondary N) is 3. The topological polar surface area (TPSA) is 142 Å². The molecule has 0 rings (SSSR count). The van der Waals surface area contributed by atoms with E-state index in [-0.39, 0.29) is 73.6 Å². The van der Waals surface area contributed by atoms with Gasteiger partial charge < -0.3 is 20.9 Å². The molecule has 0 bridgehead atoms. The lowest BCUT2D eigenvalue weighted by Crippen LogP contribution is -2.42. The van der Waals surface area contributed by atoms with E-state index in [2.05, 4.69) is 41.6 Å². The van der Waals surface area contributed by atoms with Gasteiger partial charge in [0, 0.05) is 57.5 Å². The molecule has 0 spiro atoms. The number of hydrogen-bond donors (Lipinski definition) is 3. The van der Waals surface area contributed by atoms with Crippen LogP contribution in [-0.2, 0) is 28.8 Å². The van der Waals surface area contributed by atoms with E-state index < -0.39 is 18.0 Å². The van der Waals surface area contributed by atoms with Crippen LogP contribution in [0, 0.1) is 5.92 Å². The van der Waals surface area contributed by atoms with Crippen LogP contribution in [0.25, 0.3) is 0 Å². The van der Waals surface area contributed by atoms with Gasteiger partial charge in [-0.1, -0.05) is 20.8 Å². The number of nitrogens with zero attached hydrogens (tertiary/aromatic N) is 1. The maximum Gasteiger partial charge on any atom is 0.221 e. The summed E-state index contributed by atoms with van der Waals surface area (Å²) in [6.07, 6.45) is 2.56. The molecule has 0 aliphatic carbocycles. The van der Waals surface area contributed by atoms with Crippen molar-refractivity contribution in [2.24, 2.45) is 5.92 Å². The largest absolute Gasteiger partial charge is 0.356 e. The molecule has 0 saturated carbocycles. The van der Waals surface area contributed by atoms with Gasteiger partial charge in [-0.2, -0.15) is 0 Å². The van der Waals surface area contributed by atoms with E-state index in [1.165, 1.54) is 0 Å². The van der Waals surface area contributed by atoms with Crippen molar-refractivity contribution in [1.82, 2.24) is 20.9 Å². The summed E-state index contributed by atoms with van der Waals surface area (Å²) in [7, 11) is 0. The molecule has 0 aromatic rings. The highest BCUT2D eigenvalue weighted by Crippen LogP contribution is 2.10. The third kappa shape index (κ3) is 17.9. The molecule has 0 aromatic heterocycles. The van der Waals surface area contributed by atoms with E-state index >= 15 is 0 Å². The number of carbonyl (C=O) groups excluding carboxylic acids is 6. The van der Waals surface area contributed by atoms with Gasteiger partial charge in [0.2, 0.25) is 17.7 Å². The van der Waals surface area contributed by atoms with Crippen LogP contribution >= 0.6 is 0 Å². The lowest BCUT2D eigenvalue weighted by molar-refractivity contribution is -0.131. The Bertz CT molecular complexity index is 827. The lowest BCUT2D eigenvalue weighted by atomic mass is 10.0. The van der Waals surface area contributed by atoms with E-state index in [9.17, 15) is 28.8 Å². The van der Waals surface area contributed by atoms with Crippen molar-refractivity contribution in [2.75, 3.05) is 19.6 Å². The number of rotatable bonds is 23. The van der Waals surface area contributed by atoms with Gasteiger partial charge in [0.25, 0.3) is 0 Å². The van der Waals surface area contributed by atoms with E-state index in [4.69, 9.17) is 0 Å². The predicted molar refractivity (Wildman–Crippen MR) is 157 cm³/mol. The van der Waals surface area contributed by atoms with Crippen molar-refractivity contribution in [3.05, 3.63) is 0 Å². The molecule has 230 valence electrons. The van der Waals surface area contributed by atoms with Crippen LogP contribution in [-0.4, -0.2) is 77.7 Å². The van der Waals surface area contributed by atoms with Gasteiger partial charge in [0.1, 0.15) is 5.78 Å². The van der Waals surface area contributed by atoms with Gasteiger partial charge in [-0.05, 0) is 66.0 Å². The van der Waals surface area contributed by atoms with E-state index in [1.54, 1.807) is 6.92 Å². The van der Waals surface area contributed by atoms with Crippen LogP contribution in [0.15, 0.2) is 0 Å². The van der Waals surface area contributed by atoms with Crippen LogP contribution in [0.3, 0.4) is 0 Å². The second-order valence-electron chi connectivity index (χ2n) is 11.2. The first kappa shape index (κ1) is 37.4. The Balaban J connectivity index is 4.82. The molecule has 0 heterocycles. The summed E-state index contributed by atoms with van der Waals surface area (Å²) in [5, 5.41) is 8.04. The van der Waals surface area contributed by atoms with Gasteiger partial charge in [-0.15, -0.1) is 0 Å². The Kier molecular flexibility index (Phi) is 19.8. The smallest absolute Gasteiger partial charge is 0.221 e. The van der Waals surface area contributed by atoms with E-state index in [1.807, 2.05) is 20.8 Å². The molecule has 0 aliphatic heterocycles. The molecule has 10 nitrogen and oxygen atoms in total. The first-order valence-electron chi connectivity index (χ1n) is 15.0. The predicted octanol–water partition coefficient (Wildman–Crippen LogP) is 3.11. The molecular weight excluding hydrogens is 512 g/mol. The quantitative estimate of drug-likeness (QED) is 0.161. The minimum atomic E-state index is -0.780. The highest BCUT2D eigenvalue weighted by Gasteiger charge is 2.23. The van der Waals surface area contributed by atoms with Crippen molar-refractivity contribution < 1.29 is 28.8 Å². The Morgan fingerprint density at radius 1 is 0.675 bits per heavy atom. The molecule has 1 unspecified atom stereocenters. The fourth-order valence-corrected chi connectivity index (χ4v) is 4.38. The zero-order chi connectivity index (χ0) is 30.7. The molecule has 0 radical (unpaired) electrons. The van der Waals surface area contributed by atoms with Crippen molar-refractivity contribution in [2.45, 2.75) is 131 Å². The first-order valence-corrected chi connectivity index (χ1v) is 15.0. The number of carbonyl (C=O) groups is 6. The molecule has 10 heteroatoms. The van der Waals surface area contributed by atoms with Gasteiger partial charge in [0.05, 0.1) is 12.1 Å². The maximum atomic E-state index is 12.9. The number of ketones is 3. The molecule has 0 saturated heterocycles. The fourth-order valence-electron chi connectivity index (χ4n) is 4.38. The van der Waals surface area contributed by atoms with Gasteiger partial charge in [0.15, 0.2) is 11.6 Å². The summed E-state index contributed by atoms with van der Waals surface area (Å²) in [5.74, 6) is -1.26. The minimum absolute atomic E-state index is 0.0125.